The first kappa shape index (κ1) is 13.5. The Bertz CT molecular complexity index is 800. The van der Waals surface area contributed by atoms with Gasteiger partial charge in [-0.1, -0.05) is 12.1 Å². The molecular weight excluding hydrogens is 341 g/mol. The molecule has 0 spiro atoms. The number of hydrogen-bond acceptors (Lipinski definition) is 3. The SMILES string of the molecule is CSc1ccccc1-n1c(N)nc2cc(Br)c(F)cc21. The van der Waals surface area contributed by atoms with Crippen molar-refractivity contribution in [3.63, 3.8) is 0 Å². The number of thioether (sulfide) groups is 1. The molecule has 0 unspecified atom stereocenters. The molecule has 0 saturated heterocycles. The summed E-state index contributed by atoms with van der Waals surface area (Å²) in [7, 11) is 0. The number of hydrogen-bond donors (Lipinski definition) is 1. The normalized spacial score (nSPS) is 11.2. The first-order chi connectivity index (χ1) is 9.61. The molecule has 0 atom stereocenters. The van der Waals surface area contributed by atoms with E-state index in [-0.39, 0.29) is 5.82 Å². The van der Waals surface area contributed by atoms with E-state index in [1.807, 2.05) is 30.5 Å². The third-order valence-corrected chi connectivity index (χ3v) is 4.44. The Balaban J connectivity index is 2.36. The van der Waals surface area contributed by atoms with Crippen LogP contribution in [-0.2, 0) is 0 Å². The molecule has 1 heterocycles. The van der Waals surface area contributed by atoms with Crippen LogP contribution in [0.4, 0.5) is 10.3 Å². The van der Waals surface area contributed by atoms with Crippen LogP contribution in [0.3, 0.4) is 0 Å². The molecule has 0 aliphatic rings. The van der Waals surface area contributed by atoms with Crippen LogP contribution in [0.25, 0.3) is 16.7 Å². The Kier molecular flexibility index (Phi) is 3.43. The van der Waals surface area contributed by atoms with E-state index in [1.54, 1.807) is 22.4 Å². The number of anilines is 1. The fourth-order valence-corrected chi connectivity index (χ4v) is 3.07. The van der Waals surface area contributed by atoms with E-state index < -0.39 is 0 Å². The van der Waals surface area contributed by atoms with E-state index in [1.165, 1.54) is 6.07 Å². The molecule has 6 heteroatoms. The molecule has 0 aliphatic heterocycles. The molecule has 3 aromatic rings. The standard InChI is InChI=1S/C14H11BrFN3S/c1-20-13-5-3-2-4-11(13)19-12-7-9(16)8(15)6-10(12)18-14(19)17/h2-7H,1H3,(H2,17,18). The van der Waals surface area contributed by atoms with Gasteiger partial charge in [0, 0.05) is 11.0 Å². The van der Waals surface area contributed by atoms with Gasteiger partial charge < -0.3 is 5.73 Å². The van der Waals surface area contributed by atoms with Crippen LogP contribution in [0.5, 0.6) is 0 Å². The van der Waals surface area contributed by atoms with Crippen LogP contribution in [0.1, 0.15) is 0 Å². The number of rotatable bonds is 2. The zero-order valence-electron chi connectivity index (χ0n) is 10.6. The van der Waals surface area contributed by atoms with Gasteiger partial charge >= 0.3 is 0 Å². The van der Waals surface area contributed by atoms with Crippen LogP contribution in [0, 0.1) is 5.82 Å². The summed E-state index contributed by atoms with van der Waals surface area (Å²) in [6, 6.07) is 10.9. The lowest BCUT2D eigenvalue weighted by Gasteiger charge is -2.10. The summed E-state index contributed by atoms with van der Waals surface area (Å²) in [6.07, 6.45) is 1.99. The third kappa shape index (κ3) is 2.09. The van der Waals surface area contributed by atoms with Gasteiger partial charge in [-0.05, 0) is 40.4 Å². The number of aromatic nitrogens is 2. The summed E-state index contributed by atoms with van der Waals surface area (Å²) < 4.78 is 16.0. The van der Waals surface area contributed by atoms with Crippen molar-refractivity contribution >= 4 is 44.7 Å². The Morgan fingerprint density at radius 2 is 2.05 bits per heavy atom. The van der Waals surface area contributed by atoms with Gasteiger partial charge in [-0.2, -0.15) is 0 Å². The monoisotopic (exact) mass is 351 g/mol. The summed E-state index contributed by atoms with van der Waals surface area (Å²) >= 11 is 4.78. The molecular formula is C14H11BrFN3S. The Morgan fingerprint density at radius 3 is 2.80 bits per heavy atom. The highest BCUT2D eigenvalue weighted by molar-refractivity contribution is 9.10. The molecule has 0 saturated carbocycles. The van der Waals surface area contributed by atoms with Gasteiger partial charge in [0.1, 0.15) is 5.82 Å². The number of para-hydroxylation sites is 1. The fraction of sp³-hybridized carbons (Fsp3) is 0.0714. The maximum atomic E-state index is 13.8. The Labute approximate surface area is 128 Å². The second kappa shape index (κ2) is 5.10. The van der Waals surface area contributed by atoms with Crippen molar-refractivity contribution in [2.24, 2.45) is 0 Å². The molecule has 102 valence electrons. The van der Waals surface area contributed by atoms with Gasteiger partial charge in [0.05, 0.1) is 21.2 Å². The van der Waals surface area contributed by atoms with E-state index in [9.17, 15) is 4.39 Å². The number of fused-ring (bicyclic) bond motifs is 1. The summed E-state index contributed by atoms with van der Waals surface area (Å²) in [4.78, 5) is 5.36. The highest BCUT2D eigenvalue weighted by Crippen LogP contribution is 2.31. The Hall–Kier alpha value is -1.53. The molecule has 1 aromatic heterocycles. The number of halogens is 2. The largest absolute Gasteiger partial charge is 0.369 e. The highest BCUT2D eigenvalue weighted by Gasteiger charge is 2.14. The first-order valence-corrected chi connectivity index (χ1v) is 7.90. The van der Waals surface area contributed by atoms with E-state index in [0.717, 1.165) is 10.6 Å². The van der Waals surface area contributed by atoms with Crippen LogP contribution >= 0.6 is 27.7 Å². The second-order valence-electron chi connectivity index (χ2n) is 4.23. The van der Waals surface area contributed by atoms with Crippen molar-refractivity contribution in [1.29, 1.82) is 0 Å². The molecule has 2 N–H and O–H groups in total. The summed E-state index contributed by atoms with van der Waals surface area (Å²) in [6.45, 7) is 0. The molecule has 3 nitrogen and oxygen atoms in total. The smallest absolute Gasteiger partial charge is 0.205 e. The van der Waals surface area contributed by atoms with Gasteiger partial charge in [0.2, 0.25) is 5.95 Å². The van der Waals surface area contributed by atoms with E-state index in [4.69, 9.17) is 5.73 Å². The number of nitrogen functional groups attached to an aromatic ring is 1. The van der Waals surface area contributed by atoms with Crippen molar-refractivity contribution in [2.45, 2.75) is 4.90 Å². The predicted molar refractivity (Wildman–Crippen MR) is 84.9 cm³/mol. The molecule has 0 fully saturated rings. The average Bonchev–Trinajstić information content (AvgIpc) is 2.74. The van der Waals surface area contributed by atoms with Crippen molar-refractivity contribution < 1.29 is 4.39 Å². The van der Waals surface area contributed by atoms with Crippen molar-refractivity contribution in [3.05, 3.63) is 46.7 Å². The van der Waals surface area contributed by atoms with Gasteiger partial charge in [-0.3, -0.25) is 4.57 Å². The maximum Gasteiger partial charge on any atom is 0.205 e. The number of imidazole rings is 1. The second-order valence-corrected chi connectivity index (χ2v) is 5.93. The molecule has 0 bridgehead atoms. The minimum absolute atomic E-state index is 0.333. The summed E-state index contributed by atoms with van der Waals surface area (Å²) in [5, 5.41) is 0. The topological polar surface area (TPSA) is 43.8 Å². The van der Waals surface area contributed by atoms with Crippen LogP contribution < -0.4 is 5.73 Å². The minimum Gasteiger partial charge on any atom is -0.369 e. The van der Waals surface area contributed by atoms with Gasteiger partial charge in [0.15, 0.2) is 0 Å². The predicted octanol–water partition coefficient (Wildman–Crippen LogP) is 4.23. The minimum atomic E-state index is -0.333. The van der Waals surface area contributed by atoms with E-state index in [2.05, 4.69) is 20.9 Å². The average molecular weight is 352 g/mol. The number of nitrogens with zero attached hydrogens (tertiary/aromatic N) is 2. The van der Waals surface area contributed by atoms with Gasteiger partial charge in [-0.15, -0.1) is 11.8 Å². The zero-order chi connectivity index (χ0) is 14.3. The lowest BCUT2D eigenvalue weighted by Crippen LogP contribution is -2.02. The molecule has 0 amide bonds. The van der Waals surface area contributed by atoms with Crippen LogP contribution in [0.15, 0.2) is 45.8 Å². The summed E-state index contributed by atoms with van der Waals surface area (Å²) in [5.74, 6) is 0.0132. The number of nitrogens with two attached hydrogens (primary N) is 1. The maximum absolute atomic E-state index is 13.8. The van der Waals surface area contributed by atoms with Crippen molar-refractivity contribution in [1.82, 2.24) is 9.55 Å². The quantitative estimate of drug-likeness (QED) is 0.702. The third-order valence-electron chi connectivity index (χ3n) is 3.05. The lowest BCUT2D eigenvalue weighted by molar-refractivity contribution is 0.622. The first-order valence-electron chi connectivity index (χ1n) is 5.88. The lowest BCUT2D eigenvalue weighted by atomic mass is 10.2. The van der Waals surface area contributed by atoms with E-state index in [0.29, 0.717) is 21.5 Å². The molecule has 0 aliphatic carbocycles. The molecule has 2 aromatic carbocycles. The number of benzene rings is 2. The van der Waals surface area contributed by atoms with Crippen molar-refractivity contribution in [3.8, 4) is 5.69 Å². The molecule has 0 radical (unpaired) electrons. The Morgan fingerprint density at radius 1 is 1.30 bits per heavy atom. The van der Waals surface area contributed by atoms with Crippen LogP contribution in [0.2, 0.25) is 0 Å². The zero-order valence-corrected chi connectivity index (χ0v) is 13.0. The van der Waals surface area contributed by atoms with E-state index >= 15 is 0 Å². The summed E-state index contributed by atoms with van der Waals surface area (Å²) in [5.41, 5.74) is 8.23. The van der Waals surface area contributed by atoms with Gasteiger partial charge in [-0.25, -0.2) is 9.37 Å². The fourth-order valence-electron chi connectivity index (χ4n) is 2.16. The van der Waals surface area contributed by atoms with Gasteiger partial charge in [0.25, 0.3) is 0 Å². The molecule has 20 heavy (non-hydrogen) atoms. The molecule has 3 rings (SSSR count). The highest BCUT2D eigenvalue weighted by atomic mass is 79.9. The van der Waals surface area contributed by atoms with Crippen molar-refractivity contribution in [2.75, 3.05) is 12.0 Å². The van der Waals surface area contributed by atoms with Crippen LogP contribution in [-0.4, -0.2) is 15.8 Å².